The Balaban J connectivity index is 1.36. The molecule has 0 spiro atoms. The van der Waals surface area contributed by atoms with Crippen LogP contribution >= 0.6 is 0 Å². The minimum Gasteiger partial charge on any atom is -0.306 e. The molecule has 0 amide bonds. The van der Waals surface area contributed by atoms with Crippen LogP contribution in [0.15, 0.2) is 36.7 Å². The van der Waals surface area contributed by atoms with Crippen LogP contribution in [0.5, 0.6) is 0 Å². The smallest absolute Gasteiger partial charge is 0.0648 e. The summed E-state index contributed by atoms with van der Waals surface area (Å²) >= 11 is 0. The SMILES string of the molecule is Cc1cccc(-n2cc(CN(C)C3C[C@H]4CC(N(C)C)C[C@H]4C3)cn2)c1. The molecule has 0 N–H and O–H groups in total. The number of nitrogens with zero attached hydrogens (tertiary/aromatic N) is 4. The Morgan fingerprint density at radius 1 is 1.04 bits per heavy atom. The first-order valence-electron chi connectivity index (χ1n) is 9.97. The zero-order chi connectivity index (χ0) is 18.3. The van der Waals surface area contributed by atoms with Crippen molar-refractivity contribution < 1.29 is 0 Å². The quantitative estimate of drug-likeness (QED) is 0.819. The van der Waals surface area contributed by atoms with Crippen LogP contribution in [-0.2, 0) is 6.54 Å². The summed E-state index contributed by atoms with van der Waals surface area (Å²) in [7, 11) is 6.77. The van der Waals surface area contributed by atoms with Gasteiger partial charge in [0.15, 0.2) is 0 Å². The average Bonchev–Trinajstić information content (AvgIpc) is 3.28. The lowest BCUT2D eigenvalue weighted by molar-refractivity contribution is 0.212. The molecule has 0 radical (unpaired) electrons. The predicted molar refractivity (Wildman–Crippen MR) is 106 cm³/mol. The van der Waals surface area contributed by atoms with Gasteiger partial charge in [0, 0.05) is 30.4 Å². The molecular weight excluding hydrogens is 320 g/mol. The van der Waals surface area contributed by atoms with E-state index in [1.165, 1.54) is 36.8 Å². The Kier molecular flexibility index (Phi) is 4.89. The molecule has 1 heterocycles. The number of fused-ring (bicyclic) bond motifs is 1. The Hall–Kier alpha value is -1.65. The standard InChI is InChI=1S/C22H32N4/c1-16-6-5-7-20(8-16)26-15-17(13-23-26)14-25(4)22-11-18-9-21(24(2)3)10-19(18)12-22/h5-8,13,15,18-19,21-22H,9-12,14H2,1-4H3/t18-,19+,21?,22?. The summed E-state index contributed by atoms with van der Waals surface area (Å²) in [6.07, 6.45) is 9.75. The fourth-order valence-electron chi connectivity index (χ4n) is 5.10. The van der Waals surface area contributed by atoms with Crippen molar-refractivity contribution in [2.75, 3.05) is 21.1 Å². The van der Waals surface area contributed by atoms with E-state index in [0.717, 1.165) is 36.2 Å². The van der Waals surface area contributed by atoms with Gasteiger partial charge in [-0.3, -0.25) is 4.90 Å². The Bertz CT molecular complexity index is 736. The van der Waals surface area contributed by atoms with Gasteiger partial charge in [0.25, 0.3) is 0 Å². The van der Waals surface area contributed by atoms with Gasteiger partial charge < -0.3 is 4.90 Å². The Morgan fingerprint density at radius 2 is 1.73 bits per heavy atom. The van der Waals surface area contributed by atoms with Crippen molar-refractivity contribution >= 4 is 0 Å². The molecule has 140 valence electrons. The molecule has 0 bridgehead atoms. The maximum atomic E-state index is 4.58. The summed E-state index contributed by atoms with van der Waals surface area (Å²) in [5.41, 5.74) is 3.71. The molecule has 1 aromatic carbocycles. The second kappa shape index (κ2) is 7.16. The largest absolute Gasteiger partial charge is 0.306 e. The van der Waals surface area contributed by atoms with Gasteiger partial charge >= 0.3 is 0 Å². The van der Waals surface area contributed by atoms with E-state index in [1.54, 1.807) is 0 Å². The highest BCUT2D eigenvalue weighted by molar-refractivity contribution is 5.35. The maximum absolute atomic E-state index is 4.58. The third-order valence-electron chi connectivity index (χ3n) is 6.65. The van der Waals surface area contributed by atoms with E-state index < -0.39 is 0 Å². The number of aryl methyl sites for hydroxylation is 1. The highest BCUT2D eigenvalue weighted by atomic mass is 15.3. The van der Waals surface area contributed by atoms with Crippen molar-refractivity contribution in [2.45, 2.75) is 51.2 Å². The number of rotatable bonds is 5. The van der Waals surface area contributed by atoms with Crippen LogP contribution in [0.25, 0.3) is 5.69 Å². The highest BCUT2D eigenvalue weighted by Gasteiger charge is 2.43. The molecule has 4 heteroatoms. The van der Waals surface area contributed by atoms with E-state index in [1.807, 2.05) is 10.9 Å². The van der Waals surface area contributed by atoms with Gasteiger partial charge in [-0.2, -0.15) is 5.10 Å². The van der Waals surface area contributed by atoms with Gasteiger partial charge in [-0.05, 0) is 83.3 Å². The number of aromatic nitrogens is 2. The van der Waals surface area contributed by atoms with Crippen LogP contribution in [0, 0.1) is 18.8 Å². The zero-order valence-corrected chi connectivity index (χ0v) is 16.6. The summed E-state index contributed by atoms with van der Waals surface area (Å²) in [6, 6.07) is 10.1. The summed E-state index contributed by atoms with van der Waals surface area (Å²) in [4.78, 5) is 4.98. The molecule has 0 saturated heterocycles. The molecule has 2 saturated carbocycles. The molecule has 2 aliphatic carbocycles. The summed E-state index contributed by atoms with van der Waals surface area (Å²) in [5.74, 6) is 1.87. The van der Waals surface area contributed by atoms with Gasteiger partial charge in [-0.15, -0.1) is 0 Å². The zero-order valence-electron chi connectivity index (χ0n) is 16.6. The number of hydrogen-bond acceptors (Lipinski definition) is 3. The number of hydrogen-bond donors (Lipinski definition) is 0. The van der Waals surface area contributed by atoms with E-state index in [2.05, 4.69) is 73.4 Å². The van der Waals surface area contributed by atoms with Gasteiger partial charge in [-0.25, -0.2) is 4.68 Å². The van der Waals surface area contributed by atoms with Crippen molar-refractivity contribution in [3.63, 3.8) is 0 Å². The summed E-state index contributed by atoms with van der Waals surface area (Å²) in [6.45, 7) is 3.12. The van der Waals surface area contributed by atoms with Crippen molar-refractivity contribution in [3.8, 4) is 5.69 Å². The molecule has 2 aliphatic rings. The molecule has 2 unspecified atom stereocenters. The molecule has 4 rings (SSSR count). The highest BCUT2D eigenvalue weighted by Crippen LogP contribution is 2.46. The third-order valence-corrected chi connectivity index (χ3v) is 6.65. The second-order valence-electron chi connectivity index (χ2n) is 8.78. The summed E-state index contributed by atoms with van der Waals surface area (Å²) < 4.78 is 2.00. The monoisotopic (exact) mass is 352 g/mol. The Labute approximate surface area is 157 Å². The molecule has 2 aromatic rings. The van der Waals surface area contributed by atoms with Crippen LogP contribution in [0.3, 0.4) is 0 Å². The van der Waals surface area contributed by atoms with Crippen LogP contribution in [0.1, 0.15) is 36.8 Å². The molecular formula is C22H32N4. The molecule has 2 fully saturated rings. The number of benzene rings is 1. The molecule has 26 heavy (non-hydrogen) atoms. The minimum absolute atomic E-state index is 0.732. The molecule has 1 aromatic heterocycles. The molecule has 0 aliphatic heterocycles. The van der Waals surface area contributed by atoms with Gasteiger partial charge in [0.05, 0.1) is 11.9 Å². The van der Waals surface area contributed by atoms with Crippen molar-refractivity contribution in [1.82, 2.24) is 19.6 Å². The Morgan fingerprint density at radius 3 is 2.38 bits per heavy atom. The summed E-state index contributed by atoms with van der Waals surface area (Å²) in [5, 5.41) is 4.58. The van der Waals surface area contributed by atoms with Gasteiger partial charge in [0.2, 0.25) is 0 Å². The first-order chi connectivity index (χ1) is 12.5. The first kappa shape index (κ1) is 17.7. The lowest BCUT2D eigenvalue weighted by atomic mass is 10.0. The van der Waals surface area contributed by atoms with Crippen LogP contribution in [-0.4, -0.2) is 52.8 Å². The van der Waals surface area contributed by atoms with E-state index in [0.29, 0.717) is 0 Å². The first-order valence-corrected chi connectivity index (χ1v) is 9.97. The predicted octanol–water partition coefficient (Wildman–Crippen LogP) is 3.73. The average molecular weight is 353 g/mol. The van der Waals surface area contributed by atoms with Crippen molar-refractivity contribution in [3.05, 3.63) is 47.8 Å². The van der Waals surface area contributed by atoms with Crippen LogP contribution in [0.2, 0.25) is 0 Å². The van der Waals surface area contributed by atoms with E-state index in [9.17, 15) is 0 Å². The van der Waals surface area contributed by atoms with Gasteiger partial charge in [0.1, 0.15) is 0 Å². The molecule has 4 atom stereocenters. The topological polar surface area (TPSA) is 24.3 Å². The van der Waals surface area contributed by atoms with E-state index in [4.69, 9.17) is 0 Å². The fourth-order valence-corrected chi connectivity index (χ4v) is 5.10. The minimum atomic E-state index is 0.732. The van der Waals surface area contributed by atoms with E-state index >= 15 is 0 Å². The molecule has 4 nitrogen and oxygen atoms in total. The van der Waals surface area contributed by atoms with Crippen molar-refractivity contribution in [1.29, 1.82) is 0 Å². The fraction of sp³-hybridized carbons (Fsp3) is 0.591. The van der Waals surface area contributed by atoms with Crippen LogP contribution in [0.4, 0.5) is 0 Å². The third kappa shape index (κ3) is 3.58. The lowest BCUT2D eigenvalue weighted by Gasteiger charge is -2.26. The van der Waals surface area contributed by atoms with Gasteiger partial charge in [-0.1, -0.05) is 12.1 Å². The normalized spacial score (nSPS) is 28.2. The lowest BCUT2D eigenvalue weighted by Crippen LogP contribution is -2.31. The van der Waals surface area contributed by atoms with Crippen LogP contribution < -0.4 is 0 Å². The van der Waals surface area contributed by atoms with E-state index in [-0.39, 0.29) is 0 Å². The maximum Gasteiger partial charge on any atom is 0.0648 e. The van der Waals surface area contributed by atoms with Crippen molar-refractivity contribution in [2.24, 2.45) is 11.8 Å². The second-order valence-corrected chi connectivity index (χ2v) is 8.78.